The molecular formula is C20H27N5O2. The number of rotatable bonds is 5. The third-order valence-corrected chi connectivity index (χ3v) is 5.62. The lowest BCUT2D eigenvalue weighted by molar-refractivity contribution is 0.0332. The minimum Gasteiger partial charge on any atom is -0.379 e. The first kappa shape index (κ1) is 18.1. The standard InChI is InChI=1S/C20H27N5O2/c26-20(19-14-18(22-23-19)17-2-1-6-21-15-17)25-8-4-16(5-9-25)3-7-24-10-12-27-13-11-24/h1-2,6,14-16H,3-5,7-13H2,(H,22,23). The molecule has 0 saturated carbocycles. The average Bonchev–Trinajstić information content (AvgIpc) is 3.24. The fourth-order valence-electron chi connectivity index (χ4n) is 3.88. The zero-order valence-corrected chi connectivity index (χ0v) is 15.6. The Morgan fingerprint density at radius 2 is 2.04 bits per heavy atom. The number of likely N-dealkylation sites (tertiary alicyclic amines) is 1. The second-order valence-electron chi connectivity index (χ2n) is 7.39. The van der Waals surface area contributed by atoms with Crippen molar-refractivity contribution >= 4 is 5.91 Å². The molecule has 0 aliphatic carbocycles. The maximum absolute atomic E-state index is 12.8. The van der Waals surface area contributed by atoms with Crippen molar-refractivity contribution in [3.63, 3.8) is 0 Å². The summed E-state index contributed by atoms with van der Waals surface area (Å²) in [4.78, 5) is 21.3. The Kier molecular flexibility index (Phi) is 5.79. The summed E-state index contributed by atoms with van der Waals surface area (Å²) in [5, 5.41) is 7.16. The number of carbonyl (C=O) groups is 1. The number of aromatic amines is 1. The number of carbonyl (C=O) groups excluding carboxylic acids is 1. The molecule has 2 aliphatic rings. The summed E-state index contributed by atoms with van der Waals surface area (Å²) in [6, 6.07) is 5.63. The number of nitrogens with zero attached hydrogens (tertiary/aromatic N) is 4. The highest BCUT2D eigenvalue weighted by Gasteiger charge is 2.25. The maximum Gasteiger partial charge on any atom is 0.271 e. The number of morpholine rings is 1. The first-order valence-electron chi connectivity index (χ1n) is 9.85. The van der Waals surface area contributed by atoms with Crippen LogP contribution in [0, 0.1) is 5.92 Å². The Labute approximate surface area is 159 Å². The summed E-state index contributed by atoms with van der Waals surface area (Å²) >= 11 is 0. The van der Waals surface area contributed by atoms with E-state index >= 15 is 0 Å². The van der Waals surface area contributed by atoms with Crippen molar-refractivity contribution in [2.75, 3.05) is 45.9 Å². The molecule has 2 fully saturated rings. The number of pyridine rings is 1. The summed E-state index contributed by atoms with van der Waals surface area (Å²) in [7, 11) is 0. The van der Waals surface area contributed by atoms with Crippen LogP contribution in [0.3, 0.4) is 0 Å². The van der Waals surface area contributed by atoms with Crippen LogP contribution >= 0.6 is 0 Å². The summed E-state index contributed by atoms with van der Waals surface area (Å²) in [6.45, 7) is 6.63. The van der Waals surface area contributed by atoms with Gasteiger partial charge in [-0.15, -0.1) is 0 Å². The van der Waals surface area contributed by atoms with Crippen LogP contribution in [-0.4, -0.2) is 76.8 Å². The number of hydrogen-bond acceptors (Lipinski definition) is 5. The highest BCUT2D eigenvalue weighted by Crippen LogP contribution is 2.23. The van der Waals surface area contributed by atoms with Crippen molar-refractivity contribution in [2.24, 2.45) is 5.92 Å². The van der Waals surface area contributed by atoms with E-state index in [-0.39, 0.29) is 5.91 Å². The van der Waals surface area contributed by atoms with Gasteiger partial charge >= 0.3 is 0 Å². The molecule has 4 rings (SSSR count). The van der Waals surface area contributed by atoms with Gasteiger partial charge in [0.2, 0.25) is 0 Å². The highest BCUT2D eigenvalue weighted by molar-refractivity contribution is 5.93. The zero-order valence-electron chi connectivity index (χ0n) is 15.6. The number of hydrogen-bond donors (Lipinski definition) is 1. The first-order chi connectivity index (χ1) is 13.3. The Bertz CT molecular complexity index is 734. The van der Waals surface area contributed by atoms with Gasteiger partial charge in [-0.3, -0.25) is 19.8 Å². The Balaban J connectivity index is 1.27. The van der Waals surface area contributed by atoms with Crippen LogP contribution < -0.4 is 0 Å². The number of ether oxygens (including phenoxy) is 1. The lowest BCUT2D eigenvalue weighted by Crippen LogP contribution is -2.41. The van der Waals surface area contributed by atoms with Crippen LogP contribution in [-0.2, 0) is 4.74 Å². The predicted molar refractivity (Wildman–Crippen MR) is 102 cm³/mol. The van der Waals surface area contributed by atoms with Crippen LogP contribution in [0.4, 0.5) is 0 Å². The molecule has 1 amide bonds. The van der Waals surface area contributed by atoms with E-state index in [0.29, 0.717) is 11.6 Å². The molecule has 27 heavy (non-hydrogen) atoms. The first-order valence-corrected chi connectivity index (χ1v) is 9.85. The molecule has 2 aromatic heterocycles. The fraction of sp³-hybridized carbons (Fsp3) is 0.550. The van der Waals surface area contributed by atoms with E-state index in [9.17, 15) is 4.79 Å². The second-order valence-corrected chi connectivity index (χ2v) is 7.39. The lowest BCUT2D eigenvalue weighted by Gasteiger charge is -2.33. The summed E-state index contributed by atoms with van der Waals surface area (Å²) in [5.74, 6) is 0.758. The predicted octanol–water partition coefficient (Wildman–Crippen LogP) is 2.05. The number of amides is 1. The molecule has 0 atom stereocenters. The molecule has 2 saturated heterocycles. The van der Waals surface area contributed by atoms with E-state index in [0.717, 1.165) is 70.0 Å². The lowest BCUT2D eigenvalue weighted by atomic mass is 9.93. The highest BCUT2D eigenvalue weighted by atomic mass is 16.5. The van der Waals surface area contributed by atoms with Gasteiger partial charge in [-0.1, -0.05) is 0 Å². The molecule has 144 valence electrons. The minimum absolute atomic E-state index is 0.0456. The van der Waals surface area contributed by atoms with E-state index in [2.05, 4.69) is 20.1 Å². The van der Waals surface area contributed by atoms with Crippen LogP contribution in [0.25, 0.3) is 11.3 Å². The molecule has 1 N–H and O–H groups in total. The van der Waals surface area contributed by atoms with Gasteiger partial charge in [-0.25, -0.2) is 0 Å². The van der Waals surface area contributed by atoms with E-state index in [1.54, 1.807) is 12.4 Å². The van der Waals surface area contributed by atoms with Crippen molar-refractivity contribution in [3.05, 3.63) is 36.3 Å². The van der Waals surface area contributed by atoms with Crippen LogP contribution in [0.5, 0.6) is 0 Å². The number of H-pyrrole nitrogens is 1. The number of nitrogens with one attached hydrogen (secondary N) is 1. The average molecular weight is 369 g/mol. The Hall–Kier alpha value is -2.25. The Morgan fingerprint density at radius 1 is 1.22 bits per heavy atom. The van der Waals surface area contributed by atoms with Crippen LogP contribution in [0.1, 0.15) is 29.8 Å². The molecular weight excluding hydrogens is 342 g/mol. The molecule has 0 unspecified atom stereocenters. The van der Waals surface area contributed by atoms with Crippen molar-refractivity contribution < 1.29 is 9.53 Å². The third-order valence-electron chi connectivity index (χ3n) is 5.62. The van der Waals surface area contributed by atoms with Gasteiger partial charge in [0.25, 0.3) is 5.91 Å². The monoisotopic (exact) mass is 369 g/mol. The quantitative estimate of drug-likeness (QED) is 0.873. The summed E-state index contributed by atoms with van der Waals surface area (Å²) in [6.07, 6.45) is 6.87. The number of piperidine rings is 1. The van der Waals surface area contributed by atoms with E-state index in [1.165, 1.54) is 6.42 Å². The van der Waals surface area contributed by atoms with Gasteiger partial charge < -0.3 is 9.64 Å². The summed E-state index contributed by atoms with van der Waals surface area (Å²) in [5.41, 5.74) is 2.22. The van der Waals surface area contributed by atoms with Gasteiger partial charge in [0.15, 0.2) is 0 Å². The molecule has 7 heteroatoms. The number of aromatic nitrogens is 3. The second kappa shape index (κ2) is 8.63. The Morgan fingerprint density at radius 3 is 2.78 bits per heavy atom. The van der Waals surface area contributed by atoms with Gasteiger partial charge in [0.05, 0.1) is 18.9 Å². The fourth-order valence-corrected chi connectivity index (χ4v) is 3.88. The van der Waals surface area contributed by atoms with Gasteiger partial charge in [0, 0.05) is 44.1 Å². The van der Waals surface area contributed by atoms with Crippen LogP contribution in [0.2, 0.25) is 0 Å². The van der Waals surface area contributed by atoms with Crippen molar-refractivity contribution in [1.82, 2.24) is 25.0 Å². The van der Waals surface area contributed by atoms with Gasteiger partial charge in [-0.2, -0.15) is 5.10 Å². The molecule has 0 spiro atoms. The molecule has 0 bridgehead atoms. The maximum atomic E-state index is 12.8. The molecule has 0 aromatic carbocycles. The smallest absolute Gasteiger partial charge is 0.271 e. The molecule has 4 heterocycles. The SMILES string of the molecule is O=C(c1cc(-c2cccnc2)n[nH]1)N1CCC(CCN2CCOCC2)CC1. The van der Waals surface area contributed by atoms with Crippen LogP contribution in [0.15, 0.2) is 30.6 Å². The normalized spacial score (nSPS) is 19.3. The zero-order chi connectivity index (χ0) is 18.5. The molecule has 2 aliphatic heterocycles. The van der Waals surface area contributed by atoms with Gasteiger partial charge in [0.1, 0.15) is 5.69 Å². The van der Waals surface area contributed by atoms with Gasteiger partial charge in [-0.05, 0) is 49.9 Å². The van der Waals surface area contributed by atoms with E-state index < -0.39 is 0 Å². The molecule has 7 nitrogen and oxygen atoms in total. The minimum atomic E-state index is 0.0456. The molecule has 0 radical (unpaired) electrons. The van der Waals surface area contributed by atoms with Crippen molar-refractivity contribution in [2.45, 2.75) is 19.3 Å². The van der Waals surface area contributed by atoms with E-state index in [4.69, 9.17) is 4.74 Å². The summed E-state index contributed by atoms with van der Waals surface area (Å²) < 4.78 is 5.41. The van der Waals surface area contributed by atoms with E-state index in [1.807, 2.05) is 23.1 Å². The van der Waals surface area contributed by atoms with Crippen molar-refractivity contribution in [1.29, 1.82) is 0 Å². The molecule has 2 aromatic rings. The largest absolute Gasteiger partial charge is 0.379 e. The van der Waals surface area contributed by atoms with Crippen molar-refractivity contribution in [3.8, 4) is 11.3 Å². The third kappa shape index (κ3) is 4.54. The topological polar surface area (TPSA) is 74.4 Å².